The van der Waals surface area contributed by atoms with E-state index in [0.717, 1.165) is 25.0 Å². The van der Waals surface area contributed by atoms with Crippen LogP contribution in [0.1, 0.15) is 25.3 Å². The molecule has 0 saturated heterocycles. The number of carbonyl (C=O) groups is 2. The highest BCUT2D eigenvalue weighted by Gasteiger charge is 2.31. The third-order valence-electron chi connectivity index (χ3n) is 3.10. The van der Waals surface area contributed by atoms with Crippen molar-refractivity contribution >= 4 is 35.6 Å². The lowest BCUT2D eigenvalue weighted by atomic mass is 10.1. The Morgan fingerprint density at radius 2 is 1.84 bits per heavy atom. The second-order valence-electron chi connectivity index (χ2n) is 5.07. The third kappa shape index (κ3) is 8.08. The minimum Gasteiger partial charge on any atom is -0.383 e. The van der Waals surface area contributed by atoms with E-state index in [4.69, 9.17) is 5.73 Å². The van der Waals surface area contributed by atoms with Crippen molar-refractivity contribution in [1.82, 2.24) is 5.32 Å². The van der Waals surface area contributed by atoms with Gasteiger partial charge in [-0.1, -0.05) is 13.3 Å². The summed E-state index contributed by atoms with van der Waals surface area (Å²) in [5, 5.41) is 7.61. The molecule has 0 aromatic heterocycles. The summed E-state index contributed by atoms with van der Waals surface area (Å²) in [4.78, 5) is 22.8. The number of hydrogen-bond acceptors (Lipinski definition) is 4. The predicted octanol–water partition coefficient (Wildman–Crippen LogP) is 2.35. The van der Waals surface area contributed by atoms with Crippen LogP contribution in [0, 0.1) is 0 Å². The lowest BCUT2D eigenvalue weighted by Crippen LogP contribution is -2.36. The molecule has 0 saturated carbocycles. The number of benzene rings is 1. The summed E-state index contributed by atoms with van der Waals surface area (Å²) in [7, 11) is 0. The number of nitrogens with one attached hydrogen (secondary N) is 3. The van der Waals surface area contributed by atoms with Crippen LogP contribution in [-0.2, 0) is 15.8 Å². The number of alkyl halides is 3. The van der Waals surface area contributed by atoms with Gasteiger partial charge in [0.25, 0.3) is 0 Å². The standard InChI is InChI=1S/C15H21F3N4O2.ClH/c1-2-3-6-20-11-5-4-10(15(16,17)18)7-12(11)22-14(24)9-21-13(23)8-19;/h4-5,7,20H,2-3,6,8-9,19H2,1H3,(H,21,23)(H,22,24);1H. The summed E-state index contributed by atoms with van der Waals surface area (Å²) < 4.78 is 38.5. The fraction of sp³-hybridized carbons (Fsp3) is 0.467. The number of rotatable bonds is 8. The quantitative estimate of drug-likeness (QED) is 0.519. The first-order chi connectivity index (χ1) is 11.3. The molecule has 1 rings (SSSR count). The van der Waals surface area contributed by atoms with Crippen LogP contribution in [-0.4, -0.2) is 31.4 Å². The predicted molar refractivity (Wildman–Crippen MR) is 92.8 cm³/mol. The van der Waals surface area contributed by atoms with E-state index in [-0.39, 0.29) is 31.2 Å². The van der Waals surface area contributed by atoms with Gasteiger partial charge < -0.3 is 21.7 Å². The van der Waals surface area contributed by atoms with Crippen molar-refractivity contribution in [3.05, 3.63) is 23.8 Å². The summed E-state index contributed by atoms with van der Waals surface area (Å²) in [6.45, 7) is 1.90. The highest BCUT2D eigenvalue weighted by molar-refractivity contribution is 5.97. The van der Waals surface area contributed by atoms with Crippen LogP contribution < -0.4 is 21.7 Å². The number of unbranched alkanes of at least 4 members (excludes halogenated alkanes) is 1. The van der Waals surface area contributed by atoms with Gasteiger partial charge in [-0.25, -0.2) is 0 Å². The average molecular weight is 383 g/mol. The van der Waals surface area contributed by atoms with Gasteiger partial charge in [0.05, 0.1) is 30.0 Å². The van der Waals surface area contributed by atoms with Gasteiger partial charge in [0.2, 0.25) is 11.8 Å². The average Bonchev–Trinajstić information content (AvgIpc) is 2.53. The largest absolute Gasteiger partial charge is 0.416 e. The normalized spacial score (nSPS) is 10.6. The summed E-state index contributed by atoms with van der Waals surface area (Å²) >= 11 is 0. The molecule has 0 spiro atoms. The Morgan fingerprint density at radius 3 is 2.40 bits per heavy atom. The van der Waals surface area contributed by atoms with Gasteiger partial charge in [0.1, 0.15) is 0 Å². The number of halogens is 4. The van der Waals surface area contributed by atoms with E-state index in [9.17, 15) is 22.8 Å². The van der Waals surface area contributed by atoms with Gasteiger partial charge in [0, 0.05) is 6.54 Å². The number of carbonyl (C=O) groups excluding carboxylic acids is 2. The van der Waals surface area contributed by atoms with E-state index in [0.29, 0.717) is 12.2 Å². The molecule has 6 nitrogen and oxygen atoms in total. The van der Waals surface area contributed by atoms with Crippen LogP contribution >= 0.6 is 12.4 Å². The maximum atomic E-state index is 12.8. The van der Waals surface area contributed by atoms with Crippen LogP contribution in [0.5, 0.6) is 0 Å². The Hall–Kier alpha value is -2.00. The minimum absolute atomic E-state index is 0. The number of nitrogens with two attached hydrogens (primary N) is 1. The van der Waals surface area contributed by atoms with E-state index in [2.05, 4.69) is 16.0 Å². The fourth-order valence-corrected chi connectivity index (χ4v) is 1.82. The van der Waals surface area contributed by atoms with Crippen molar-refractivity contribution in [1.29, 1.82) is 0 Å². The fourth-order valence-electron chi connectivity index (χ4n) is 1.82. The van der Waals surface area contributed by atoms with Gasteiger partial charge in [-0.2, -0.15) is 13.2 Å². The third-order valence-corrected chi connectivity index (χ3v) is 3.10. The molecule has 0 heterocycles. The summed E-state index contributed by atoms with van der Waals surface area (Å²) in [5.74, 6) is -1.18. The molecule has 0 bridgehead atoms. The first kappa shape index (κ1) is 23.0. The number of amides is 2. The van der Waals surface area contributed by atoms with Crippen LogP contribution in [0.4, 0.5) is 24.5 Å². The van der Waals surface area contributed by atoms with E-state index in [1.54, 1.807) is 0 Å². The lowest BCUT2D eigenvalue weighted by Gasteiger charge is -2.16. The minimum atomic E-state index is -4.52. The van der Waals surface area contributed by atoms with E-state index >= 15 is 0 Å². The highest BCUT2D eigenvalue weighted by Crippen LogP contribution is 2.34. The zero-order valence-corrected chi connectivity index (χ0v) is 14.5. The first-order valence-corrected chi connectivity index (χ1v) is 7.49. The van der Waals surface area contributed by atoms with Crippen LogP contribution in [0.25, 0.3) is 0 Å². The Bertz CT molecular complexity index is 582. The summed E-state index contributed by atoms with van der Waals surface area (Å²) in [5.41, 5.74) is 4.61. The number of anilines is 2. The monoisotopic (exact) mass is 382 g/mol. The van der Waals surface area contributed by atoms with Gasteiger partial charge >= 0.3 is 6.18 Å². The van der Waals surface area contributed by atoms with Crippen molar-refractivity contribution < 1.29 is 22.8 Å². The Labute approximate surface area is 150 Å². The number of hydrogen-bond donors (Lipinski definition) is 4. The molecule has 0 unspecified atom stereocenters. The SMILES string of the molecule is CCCCNc1ccc(C(F)(F)F)cc1NC(=O)CNC(=O)CN.Cl. The molecule has 25 heavy (non-hydrogen) atoms. The van der Waals surface area contributed by atoms with Crippen molar-refractivity contribution in [2.75, 3.05) is 30.3 Å². The molecule has 1 aromatic carbocycles. The molecule has 0 fully saturated rings. The first-order valence-electron chi connectivity index (χ1n) is 7.49. The zero-order valence-electron chi connectivity index (χ0n) is 13.7. The molecule has 0 aliphatic rings. The molecule has 0 radical (unpaired) electrons. The van der Waals surface area contributed by atoms with E-state index in [1.165, 1.54) is 6.07 Å². The molecule has 5 N–H and O–H groups in total. The lowest BCUT2D eigenvalue weighted by molar-refractivity contribution is -0.137. The molecule has 2 amide bonds. The molecule has 142 valence electrons. The van der Waals surface area contributed by atoms with E-state index in [1.807, 2.05) is 6.92 Å². The Balaban J connectivity index is 0.00000576. The van der Waals surface area contributed by atoms with Crippen LogP contribution in [0.3, 0.4) is 0 Å². The van der Waals surface area contributed by atoms with Crippen LogP contribution in [0.15, 0.2) is 18.2 Å². The topological polar surface area (TPSA) is 96.2 Å². The van der Waals surface area contributed by atoms with E-state index < -0.39 is 23.6 Å². The summed E-state index contributed by atoms with van der Waals surface area (Å²) in [6.07, 6.45) is -2.77. The van der Waals surface area contributed by atoms with Crippen LogP contribution in [0.2, 0.25) is 0 Å². The van der Waals surface area contributed by atoms with Crippen molar-refractivity contribution in [2.24, 2.45) is 5.73 Å². The molecule has 0 aliphatic carbocycles. The smallest absolute Gasteiger partial charge is 0.383 e. The van der Waals surface area contributed by atoms with Gasteiger partial charge in [-0.15, -0.1) is 12.4 Å². The van der Waals surface area contributed by atoms with Crippen molar-refractivity contribution in [2.45, 2.75) is 25.9 Å². The maximum absolute atomic E-state index is 12.8. The Kier molecular flexibility index (Phi) is 9.92. The molecule has 0 aliphatic heterocycles. The molecular formula is C15H22ClF3N4O2. The molecular weight excluding hydrogens is 361 g/mol. The molecule has 0 atom stereocenters. The zero-order chi connectivity index (χ0) is 18.2. The van der Waals surface area contributed by atoms with Gasteiger partial charge in [-0.3, -0.25) is 9.59 Å². The second-order valence-corrected chi connectivity index (χ2v) is 5.07. The molecule has 10 heteroatoms. The summed E-state index contributed by atoms with van der Waals surface area (Å²) in [6, 6.07) is 3.07. The van der Waals surface area contributed by atoms with Crippen molar-refractivity contribution in [3.63, 3.8) is 0 Å². The highest BCUT2D eigenvalue weighted by atomic mass is 35.5. The second kappa shape index (κ2) is 10.8. The van der Waals surface area contributed by atoms with Gasteiger partial charge in [0.15, 0.2) is 0 Å². The molecule has 1 aromatic rings. The maximum Gasteiger partial charge on any atom is 0.416 e. The van der Waals surface area contributed by atoms with Crippen molar-refractivity contribution in [3.8, 4) is 0 Å². The van der Waals surface area contributed by atoms with Gasteiger partial charge in [-0.05, 0) is 24.6 Å². The Morgan fingerprint density at radius 1 is 1.16 bits per heavy atom.